The zero-order valence-electron chi connectivity index (χ0n) is 12.0. The zero-order valence-corrected chi connectivity index (χ0v) is 12.8. The third-order valence-corrected chi connectivity index (χ3v) is 4.08. The molecule has 0 spiro atoms. The van der Waals surface area contributed by atoms with Crippen LogP contribution in [0.2, 0.25) is 5.15 Å². The lowest BCUT2D eigenvalue weighted by Gasteiger charge is -2.10. The van der Waals surface area contributed by atoms with Crippen molar-refractivity contribution in [2.75, 3.05) is 0 Å². The third-order valence-electron chi connectivity index (χ3n) is 3.81. The summed E-state index contributed by atoms with van der Waals surface area (Å²) in [5.74, 6) is 0.0738. The van der Waals surface area contributed by atoms with Gasteiger partial charge in [-0.15, -0.1) is 0 Å². The molecule has 0 bridgehead atoms. The largest absolute Gasteiger partial charge is 0.225 e. The van der Waals surface area contributed by atoms with Crippen molar-refractivity contribution >= 4 is 22.5 Å². The smallest absolute Gasteiger partial charge is 0.161 e. The van der Waals surface area contributed by atoms with E-state index in [2.05, 4.69) is 9.97 Å². The molecule has 2 aromatic carbocycles. The summed E-state index contributed by atoms with van der Waals surface area (Å²) in [6.07, 6.45) is 0. The Kier molecular flexibility index (Phi) is 3.38. The Bertz CT molecular complexity index is 859. The summed E-state index contributed by atoms with van der Waals surface area (Å²) in [5.41, 5.74) is 4.22. The maximum atomic E-state index is 14.1. The van der Waals surface area contributed by atoms with Gasteiger partial charge < -0.3 is 0 Å². The van der Waals surface area contributed by atoms with Crippen LogP contribution in [-0.4, -0.2) is 9.97 Å². The number of rotatable bonds is 1. The van der Waals surface area contributed by atoms with Crippen molar-refractivity contribution in [1.82, 2.24) is 9.97 Å². The van der Waals surface area contributed by atoms with Crippen molar-refractivity contribution in [3.8, 4) is 11.4 Å². The summed E-state index contributed by atoms with van der Waals surface area (Å²) in [6, 6.07) is 8.98. The molecule has 0 radical (unpaired) electrons. The number of fused-ring (bicyclic) bond motifs is 1. The molecule has 1 aromatic heterocycles. The first-order valence-corrected chi connectivity index (χ1v) is 7.06. The van der Waals surface area contributed by atoms with Gasteiger partial charge >= 0.3 is 0 Å². The summed E-state index contributed by atoms with van der Waals surface area (Å²) in [4.78, 5) is 8.76. The molecule has 0 N–H and O–H groups in total. The monoisotopic (exact) mass is 300 g/mol. The highest BCUT2D eigenvalue weighted by Gasteiger charge is 2.14. The molecule has 0 atom stereocenters. The average molecular weight is 301 g/mol. The minimum atomic E-state index is -0.383. The molecule has 0 aliphatic carbocycles. The van der Waals surface area contributed by atoms with E-state index in [1.807, 2.05) is 39.0 Å². The predicted molar refractivity (Wildman–Crippen MR) is 84.2 cm³/mol. The molecule has 0 fully saturated rings. The molecule has 0 aliphatic heterocycles. The lowest BCUT2D eigenvalue weighted by atomic mass is 10.0. The average Bonchev–Trinajstić information content (AvgIpc) is 2.45. The third kappa shape index (κ3) is 2.28. The van der Waals surface area contributed by atoms with Crippen molar-refractivity contribution in [2.45, 2.75) is 20.8 Å². The quantitative estimate of drug-likeness (QED) is 0.590. The second-order valence-electron chi connectivity index (χ2n) is 5.17. The molecule has 21 heavy (non-hydrogen) atoms. The van der Waals surface area contributed by atoms with Gasteiger partial charge in [0.15, 0.2) is 5.82 Å². The fourth-order valence-corrected chi connectivity index (χ4v) is 2.75. The van der Waals surface area contributed by atoms with Crippen molar-refractivity contribution in [2.24, 2.45) is 0 Å². The van der Waals surface area contributed by atoms with Gasteiger partial charge in [-0.25, -0.2) is 14.4 Å². The van der Waals surface area contributed by atoms with Gasteiger partial charge in [0.2, 0.25) is 0 Å². The summed E-state index contributed by atoms with van der Waals surface area (Å²) in [7, 11) is 0. The van der Waals surface area contributed by atoms with Gasteiger partial charge in [-0.2, -0.15) is 0 Å². The van der Waals surface area contributed by atoms with E-state index in [1.165, 1.54) is 6.07 Å². The van der Waals surface area contributed by atoms with Gasteiger partial charge in [0.25, 0.3) is 0 Å². The number of benzene rings is 2. The van der Waals surface area contributed by atoms with Gasteiger partial charge in [-0.3, -0.25) is 0 Å². The normalized spacial score (nSPS) is 11.1. The van der Waals surface area contributed by atoms with Crippen LogP contribution in [-0.2, 0) is 0 Å². The molecule has 0 saturated carbocycles. The fraction of sp³-hybridized carbons (Fsp3) is 0.176. The van der Waals surface area contributed by atoms with Crippen molar-refractivity contribution in [1.29, 1.82) is 0 Å². The van der Waals surface area contributed by atoms with Gasteiger partial charge in [0.05, 0.1) is 0 Å². The maximum absolute atomic E-state index is 14.1. The van der Waals surface area contributed by atoms with Crippen LogP contribution in [0, 0.1) is 26.6 Å². The van der Waals surface area contributed by atoms with Crippen LogP contribution in [0.25, 0.3) is 22.3 Å². The van der Waals surface area contributed by atoms with Crippen molar-refractivity contribution < 1.29 is 4.39 Å². The van der Waals surface area contributed by atoms with Crippen LogP contribution in [0.3, 0.4) is 0 Å². The van der Waals surface area contributed by atoms with E-state index in [4.69, 9.17) is 11.6 Å². The van der Waals surface area contributed by atoms with Gasteiger partial charge in [0, 0.05) is 10.9 Å². The number of aromatic nitrogens is 2. The highest BCUT2D eigenvalue weighted by atomic mass is 35.5. The van der Waals surface area contributed by atoms with Crippen LogP contribution in [0.4, 0.5) is 4.39 Å². The van der Waals surface area contributed by atoms with E-state index < -0.39 is 0 Å². The summed E-state index contributed by atoms with van der Waals surface area (Å²) in [6.45, 7) is 5.89. The standard InChI is InChI=1S/C17H14ClFN2/c1-9-5-4-6-12(11(9)3)17-20-15-13(19)8-7-10(2)14(15)16(18)21-17/h4-8H,1-3H3. The number of hydrogen-bond donors (Lipinski definition) is 0. The molecular weight excluding hydrogens is 287 g/mol. The molecule has 3 aromatic rings. The molecule has 106 valence electrons. The Morgan fingerprint density at radius 1 is 0.952 bits per heavy atom. The van der Waals surface area contributed by atoms with Gasteiger partial charge in [-0.05, 0) is 43.5 Å². The molecule has 0 saturated heterocycles. The molecular formula is C17H14ClFN2. The lowest BCUT2D eigenvalue weighted by Crippen LogP contribution is -1.98. The van der Waals surface area contributed by atoms with Crippen LogP contribution in [0.15, 0.2) is 30.3 Å². The van der Waals surface area contributed by atoms with Crippen molar-refractivity contribution in [3.05, 3.63) is 58.0 Å². The zero-order chi connectivity index (χ0) is 15.1. The Balaban J connectivity index is 2.36. The van der Waals surface area contributed by atoms with E-state index in [0.717, 1.165) is 22.3 Å². The molecule has 0 amide bonds. The summed E-state index contributed by atoms with van der Waals surface area (Å²) < 4.78 is 14.1. The molecule has 2 nitrogen and oxygen atoms in total. The number of aryl methyl sites for hydroxylation is 2. The van der Waals surface area contributed by atoms with E-state index in [9.17, 15) is 4.39 Å². The predicted octanol–water partition coefficient (Wildman–Crippen LogP) is 5.01. The minimum Gasteiger partial charge on any atom is -0.225 e. The fourth-order valence-electron chi connectivity index (χ4n) is 2.43. The van der Waals surface area contributed by atoms with Crippen LogP contribution < -0.4 is 0 Å². The van der Waals surface area contributed by atoms with Crippen LogP contribution in [0.1, 0.15) is 16.7 Å². The van der Waals surface area contributed by atoms with Crippen LogP contribution in [0.5, 0.6) is 0 Å². The molecule has 0 aliphatic rings. The van der Waals surface area contributed by atoms with Gasteiger partial charge in [0.1, 0.15) is 16.5 Å². The minimum absolute atomic E-state index is 0.269. The van der Waals surface area contributed by atoms with Gasteiger partial charge in [-0.1, -0.05) is 35.9 Å². The SMILES string of the molecule is Cc1cccc(-c2nc(Cl)c3c(C)ccc(F)c3n2)c1C. The topological polar surface area (TPSA) is 25.8 Å². The lowest BCUT2D eigenvalue weighted by molar-refractivity contribution is 0.636. The first-order chi connectivity index (χ1) is 9.99. The molecule has 0 unspecified atom stereocenters. The summed E-state index contributed by atoms with van der Waals surface area (Å²) in [5, 5.41) is 0.860. The summed E-state index contributed by atoms with van der Waals surface area (Å²) >= 11 is 6.26. The van der Waals surface area contributed by atoms with E-state index >= 15 is 0 Å². The Hall–Kier alpha value is -2.00. The number of nitrogens with zero attached hydrogens (tertiary/aromatic N) is 2. The molecule has 3 rings (SSSR count). The first kappa shape index (κ1) is 14.0. The van der Waals surface area contributed by atoms with Crippen LogP contribution >= 0.6 is 11.6 Å². The maximum Gasteiger partial charge on any atom is 0.161 e. The highest BCUT2D eigenvalue weighted by molar-refractivity contribution is 6.34. The molecule has 4 heteroatoms. The number of halogens is 2. The Labute approximate surface area is 127 Å². The Morgan fingerprint density at radius 3 is 2.48 bits per heavy atom. The van der Waals surface area contributed by atoms with E-state index in [1.54, 1.807) is 6.07 Å². The van der Waals surface area contributed by atoms with E-state index in [-0.39, 0.29) is 16.5 Å². The van der Waals surface area contributed by atoms with E-state index in [0.29, 0.717) is 11.2 Å². The highest BCUT2D eigenvalue weighted by Crippen LogP contribution is 2.30. The second-order valence-corrected chi connectivity index (χ2v) is 5.53. The second kappa shape index (κ2) is 5.08. The number of hydrogen-bond acceptors (Lipinski definition) is 2. The molecule has 1 heterocycles. The van der Waals surface area contributed by atoms with Crippen molar-refractivity contribution in [3.63, 3.8) is 0 Å². The Morgan fingerprint density at radius 2 is 1.71 bits per heavy atom. The first-order valence-electron chi connectivity index (χ1n) is 6.68.